The molecule has 8 nitrogen and oxygen atoms in total. The SMILES string of the molecule is CNc1ccc(C(=O)c2ncc(Cl)cc2NS(=O)(=O)c2ccc(OC(C)C)cc2)cn1. The molecule has 0 aliphatic rings. The fourth-order valence-corrected chi connectivity index (χ4v) is 3.90. The number of carbonyl (C=O) groups is 1. The van der Waals surface area contributed by atoms with Crippen molar-refractivity contribution in [3.8, 4) is 5.75 Å². The Morgan fingerprint density at radius 3 is 2.35 bits per heavy atom. The van der Waals surface area contributed by atoms with Crippen molar-refractivity contribution in [3.63, 3.8) is 0 Å². The van der Waals surface area contributed by atoms with Crippen molar-refractivity contribution in [2.24, 2.45) is 0 Å². The molecule has 2 aromatic heterocycles. The summed E-state index contributed by atoms with van der Waals surface area (Å²) in [5, 5.41) is 3.04. The first-order valence-electron chi connectivity index (χ1n) is 9.33. The summed E-state index contributed by atoms with van der Waals surface area (Å²) < 4.78 is 33.7. The van der Waals surface area contributed by atoms with Crippen LogP contribution in [0.15, 0.2) is 59.8 Å². The van der Waals surface area contributed by atoms with Crippen molar-refractivity contribution >= 4 is 38.9 Å². The summed E-state index contributed by atoms with van der Waals surface area (Å²) in [4.78, 5) is 21.1. The zero-order chi connectivity index (χ0) is 22.6. The maximum Gasteiger partial charge on any atom is 0.261 e. The van der Waals surface area contributed by atoms with Crippen LogP contribution in [-0.2, 0) is 10.0 Å². The molecular formula is C21H21ClN4O4S. The number of halogens is 1. The summed E-state index contributed by atoms with van der Waals surface area (Å²) in [7, 11) is -2.30. The van der Waals surface area contributed by atoms with Crippen molar-refractivity contribution in [2.75, 3.05) is 17.1 Å². The molecule has 2 N–H and O–H groups in total. The third-order valence-electron chi connectivity index (χ3n) is 4.10. The number of sulfonamides is 1. The average molecular weight is 461 g/mol. The first-order valence-corrected chi connectivity index (χ1v) is 11.2. The Morgan fingerprint density at radius 1 is 1.06 bits per heavy atom. The number of hydrogen-bond acceptors (Lipinski definition) is 7. The molecule has 0 amide bonds. The quantitative estimate of drug-likeness (QED) is 0.489. The van der Waals surface area contributed by atoms with Crippen molar-refractivity contribution in [3.05, 3.63) is 71.1 Å². The number of ether oxygens (including phenoxy) is 1. The lowest BCUT2D eigenvalue weighted by Crippen LogP contribution is -2.17. The van der Waals surface area contributed by atoms with Gasteiger partial charge in [0.05, 0.1) is 21.7 Å². The molecule has 0 aliphatic carbocycles. The zero-order valence-electron chi connectivity index (χ0n) is 17.1. The Kier molecular flexibility index (Phi) is 6.77. The van der Waals surface area contributed by atoms with Crippen LogP contribution < -0.4 is 14.8 Å². The predicted octanol–water partition coefficient (Wildman–Crippen LogP) is 3.99. The van der Waals surface area contributed by atoms with Gasteiger partial charge in [-0.2, -0.15) is 0 Å². The molecule has 0 radical (unpaired) electrons. The number of aromatic nitrogens is 2. The first kappa shape index (κ1) is 22.5. The number of carbonyl (C=O) groups excluding carboxylic acids is 1. The van der Waals surface area contributed by atoms with Crippen molar-refractivity contribution in [1.29, 1.82) is 0 Å². The van der Waals surface area contributed by atoms with E-state index < -0.39 is 15.8 Å². The van der Waals surface area contributed by atoms with Crippen molar-refractivity contribution in [1.82, 2.24) is 9.97 Å². The van der Waals surface area contributed by atoms with Crippen LogP contribution in [0.1, 0.15) is 29.9 Å². The third kappa shape index (κ3) is 5.50. The predicted molar refractivity (Wildman–Crippen MR) is 119 cm³/mol. The summed E-state index contributed by atoms with van der Waals surface area (Å²) in [6.07, 6.45) is 2.62. The second kappa shape index (κ2) is 9.32. The van der Waals surface area contributed by atoms with Gasteiger partial charge in [0, 0.05) is 25.0 Å². The molecular weight excluding hydrogens is 440 g/mol. The van der Waals surface area contributed by atoms with Crippen LogP contribution in [-0.4, -0.2) is 37.3 Å². The van der Waals surface area contributed by atoms with E-state index >= 15 is 0 Å². The highest BCUT2D eigenvalue weighted by Crippen LogP contribution is 2.25. The molecule has 2 heterocycles. The fraction of sp³-hybridized carbons (Fsp3) is 0.190. The molecule has 0 saturated heterocycles. The zero-order valence-corrected chi connectivity index (χ0v) is 18.7. The number of pyridine rings is 2. The summed E-state index contributed by atoms with van der Waals surface area (Å²) in [6, 6.07) is 10.5. The van der Waals surface area contributed by atoms with E-state index in [9.17, 15) is 13.2 Å². The molecule has 3 rings (SSSR count). The van der Waals surface area contributed by atoms with E-state index in [2.05, 4.69) is 20.0 Å². The van der Waals surface area contributed by atoms with E-state index in [1.807, 2.05) is 13.8 Å². The Morgan fingerprint density at radius 2 is 1.77 bits per heavy atom. The summed E-state index contributed by atoms with van der Waals surface area (Å²) in [6.45, 7) is 3.75. The first-order chi connectivity index (χ1) is 14.7. The Bertz CT molecular complexity index is 1180. The lowest BCUT2D eigenvalue weighted by atomic mass is 10.1. The minimum absolute atomic E-state index is 0.00187. The van der Waals surface area contributed by atoms with Gasteiger partial charge in [0.1, 0.15) is 17.3 Å². The molecule has 0 unspecified atom stereocenters. The molecule has 0 spiro atoms. The van der Waals surface area contributed by atoms with Crippen LogP contribution in [0.5, 0.6) is 5.75 Å². The molecule has 0 aliphatic heterocycles. The molecule has 162 valence electrons. The summed E-state index contributed by atoms with van der Waals surface area (Å²) in [5.41, 5.74) is 0.133. The Labute approximate surface area is 185 Å². The second-order valence-corrected chi connectivity index (χ2v) is 8.92. The summed E-state index contributed by atoms with van der Waals surface area (Å²) in [5.74, 6) is 0.642. The Hall–Kier alpha value is -3.17. The maximum atomic E-state index is 12.9. The smallest absolute Gasteiger partial charge is 0.261 e. The molecule has 0 bridgehead atoms. The lowest BCUT2D eigenvalue weighted by molar-refractivity contribution is 0.103. The van der Waals surface area contributed by atoms with Crippen LogP contribution in [0, 0.1) is 0 Å². The fourth-order valence-electron chi connectivity index (χ4n) is 2.68. The largest absolute Gasteiger partial charge is 0.491 e. The van der Waals surface area contributed by atoms with E-state index in [-0.39, 0.29) is 33.0 Å². The number of ketones is 1. The van der Waals surface area contributed by atoms with Gasteiger partial charge >= 0.3 is 0 Å². The monoisotopic (exact) mass is 460 g/mol. The van der Waals surface area contributed by atoms with Crippen LogP contribution in [0.2, 0.25) is 5.02 Å². The van der Waals surface area contributed by atoms with Gasteiger partial charge in [-0.3, -0.25) is 9.52 Å². The minimum Gasteiger partial charge on any atom is -0.491 e. The van der Waals surface area contributed by atoms with Gasteiger partial charge in [-0.15, -0.1) is 0 Å². The van der Waals surface area contributed by atoms with Crippen LogP contribution in [0.3, 0.4) is 0 Å². The molecule has 0 fully saturated rings. The van der Waals surface area contributed by atoms with Crippen molar-refractivity contribution < 1.29 is 17.9 Å². The highest BCUT2D eigenvalue weighted by atomic mass is 35.5. The van der Waals surface area contributed by atoms with E-state index in [1.165, 1.54) is 30.6 Å². The van der Waals surface area contributed by atoms with Gasteiger partial charge in [-0.25, -0.2) is 18.4 Å². The number of nitrogens with one attached hydrogen (secondary N) is 2. The molecule has 10 heteroatoms. The van der Waals surface area contributed by atoms with E-state index in [1.54, 1.807) is 31.3 Å². The van der Waals surface area contributed by atoms with E-state index in [0.717, 1.165) is 0 Å². The van der Waals surface area contributed by atoms with Gasteiger partial charge in [0.25, 0.3) is 10.0 Å². The van der Waals surface area contributed by atoms with Gasteiger partial charge in [-0.1, -0.05) is 11.6 Å². The maximum absolute atomic E-state index is 12.9. The lowest BCUT2D eigenvalue weighted by Gasteiger charge is -2.13. The summed E-state index contributed by atoms with van der Waals surface area (Å²) >= 11 is 6.01. The van der Waals surface area contributed by atoms with Gasteiger partial charge < -0.3 is 10.1 Å². The van der Waals surface area contributed by atoms with Gasteiger partial charge in [-0.05, 0) is 56.3 Å². The molecule has 0 atom stereocenters. The Balaban J connectivity index is 1.91. The van der Waals surface area contributed by atoms with E-state index in [4.69, 9.17) is 16.3 Å². The topological polar surface area (TPSA) is 110 Å². The standard InChI is InChI=1S/C21H21ClN4O4S/c1-13(2)30-16-5-7-17(8-6-16)31(28,29)26-18-10-15(22)12-25-20(18)21(27)14-4-9-19(23-3)24-11-14/h4-13,26H,1-3H3,(H,23,24). The molecule has 0 saturated carbocycles. The molecule has 3 aromatic rings. The minimum atomic E-state index is -4.01. The van der Waals surface area contributed by atoms with Crippen LogP contribution >= 0.6 is 11.6 Å². The van der Waals surface area contributed by atoms with E-state index in [0.29, 0.717) is 11.6 Å². The van der Waals surface area contributed by atoms with Gasteiger partial charge in [0.15, 0.2) is 0 Å². The second-order valence-electron chi connectivity index (χ2n) is 6.80. The highest BCUT2D eigenvalue weighted by molar-refractivity contribution is 7.92. The molecule has 31 heavy (non-hydrogen) atoms. The number of rotatable bonds is 8. The number of anilines is 2. The number of benzene rings is 1. The highest BCUT2D eigenvalue weighted by Gasteiger charge is 2.22. The van der Waals surface area contributed by atoms with Gasteiger partial charge in [0.2, 0.25) is 5.78 Å². The molecule has 1 aromatic carbocycles. The average Bonchev–Trinajstić information content (AvgIpc) is 2.73. The number of hydrogen-bond donors (Lipinski definition) is 2. The van der Waals surface area contributed by atoms with Crippen LogP contribution in [0.4, 0.5) is 11.5 Å². The normalized spacial score (nSPS) is 11.3. The van der Waals surface area contributed by atoms with Crippen molar-refractivity contribution in [2.45, 2.75) is 24.8 Å². The number of nitrogens with zero attached hydrogens (tertiary/aromatic N) is 2. The van der Waals surface area contributed by atoms with Crippen LogP contribution in [0.25, 0.3) is 0 Å². The third-order valence-corrected chi connectivity index (χ3v) is 5.69.